The third kappa shape index (κ3) is 6.41. The zero-order valence-electron chi connectivity index (χ0n) is 15.1. The van der Waals surface area contributed by atoms with Gasteiger partial charge in [0.15, 0.2) is 16.4 Å². The van der Waals surface area contributed by atoms with Crippen molar-refractivity contribution in [2.45, 2.75) is 18.2 Å². The summed E-state index contributed by atoms with van der Waals surface area (Å²) in [6.07, 6.45) is 1.04. The molecule has 0 aromatic heterocycles. The lowest BCUT2D eigenvalue weighted by Gasteiger charge is -2.11. The highest BCUT2D eigenvalue weighted by atomic mass is 32.2. The molecular weight excluding hydrogens is 370 g/mol. The minimum Gasteiger partial charge on any atom is -0.493 e. The van der Waals surface area contributed by atoms with Crippen LogP contribution in [0.4, 0.5) is 5.69 Å². The van der Waals surface area contributed by atoms with E-state index in [1.54, 1.807) is 18.2 Å². The summed E-state index contributed by atoms with van der Waals surface area (Å²) in [7, 11) is -3.49. The average molecular weight is 391 g/mol. The quantitative estimate of drug-likeness (QED) is 0.694. The number of hydrogen-bond donors (Lipinski definition) is 1. The molecule has 0 aliphatic rings. The van der Waals surface area contributed by atoms with E-state index >= 15 is 0 Å². The SMILES string of the molecule is Cc1ccccc1OCCC(=O)OCC(=O)Nc1ccccc1S(C)(=O)=O. The molecule has 0 saturated heterocycles. The smallest absolute Gasteiger partial charge is 0.309 e. The number of hydrogen-bond acceptors (Lipinski definition) is 6. The first-order chi connectivity index (χ1) is 12.8. The summed E-state index contributed by atoms with van der Waals surface area (Å²) in [6.45, 7) is 1.51. The molecule has 0 bridgehead atoms. The second kappa shape index (κ2) is 9.18. The van der Waals surface area contributed by atoms with Gasteiger partial charge in [0, 0.05) is 6.26 Å². The standard InChI is InChI=1S/C19H21NO6S/c1-14-7-3-5-9-16(14)25-12-11-19(22)26-13-18(21)20-15-8-4-6-10-17(15)27(2,23)24/h3-10H,11-13H2,1-2H3,(H,20,21). The van der Waals surface area contributed by atoms with Gasteiger partial charge >= 0.3 is 5.97 Å². The molecule has 0 unspecified atom stereocenters. The number of esters is 1. The van der Waals surface area contributed by atoms with Crippen molar-refractivity contribution >= 4 is 27.4 Å². The Balaban J connectivity index is 1.79. The van der Waals surface area contributed by atoms with Crippen molar-refractivity contribution in [3.63, 3.8) is 0 Å². The molecule has 144 valence electrons. The van der Waals surface area contributed by atoms with Crippen LogP contribution in [0.5, 0.6) is 5.75 Å². The van der Waals surface area contributed by atoms with E-state index < -0.39 is 28.3 Å². The molecule has 27 heavy (non-hydrogen) atoms. The minimum absolute atomic E-state index is 0.00342. The Labute approximate surface area is 158 Å². The normalized spacial score (nSPS) is 10.9. The zero-order valence-corrected chi connectivity index (χ0v) is 15.9. The van der Waals surface area contributed by atoms with Crippen LogP contribution in [0.25, 0.3) is 0 Å². The third-order valence-corrected chi connectivity index (χ3v) is 4.74. The maximum absolute atomic E-state index is 11.9. The van der Waals surface area contributed by atoms with E-state index in [2.05, 4.69) is 5.32 Å². The Morgan fingerprint density at radius 3 is 2.41 bits per heavy atom. The monoisotopic (exact) mass is 391 g/mol. The van der Waals surface area contributed by atoms with Crippen LogP contribution >= 0.6 is 0 Å². The first-order valence-electron chi connectivity index (χ1n) is 8.20. The Morgan fingerprint density at radius 1 is 1.04 bits per heavy atom. The van der Waals surface area contributed by atoms with Gasteiger partial charge < -0.3 is 14.8 Å². The maximum Gasteiger partial charge on any atom is 0.309 e. The summed E-state index contributed by atoms with van der Waals surface area (Å²) >= 11 is 0. The molecule has 0 spiro atoms. The van der Waals surface area contributed by atoms with Gasteiger partial charge in [0.05, 0.1) is 23.6 Å². The molecule has 1 amide bonds. The van der Waals surface area contributed by atoms with E-state index in [9.17, 15) is 18.0 Å². The summed E-state index contributed by atoms with van der Waals surface area (Å²) in [5, 5.41) is 2.44. The van der Waals surface area contributed by atoms with Gasteiger partial charge in [-0.3, -0.25) is 9.59 Å². The summed E-state index contributed by atoms with van der Waals surface area (Å²) in [4.78, 5) is 23.6. The Bertz CT molecular complexity index is 923. The molecule has 1 N–H and O–H groups in total. The van der Waals surface area contributed by atoms with Crippen LogP contribution in [0.15, 0.2) is 53.4 Å². The molecule has 0 saturated carbocycles. The number of nitrogens with one attached hydrogen (secondary N) is 1. The average Bonchev–Trinajstić information content (AvgIpc) is 2.61. The number of carbonyl (C=O) groups is 2. The summed E-state index contributed by atoms with van der Waals surface area (Å²) < 4.78 is 33.8. The second-order valence-corrected chi connectivity index (χ2v) is 7.83. The van der Waals surface area contributed by atoms with Crippen molar-refractivity contribution in [2.75, 3.05) is 24.8 Å². The number of para-hydroxylation sites is 2. The third-order valence-electron chi connectivity index (χ3n) is 3.58. The summed E-state index contributed by atoms with van der Waals surface area (Å²) in [6, 6.07) is 13.4. The number of aryl methyl sites for hydroxylation is 1. The van der Waals surface area contributed by atoms with Gasteiger partial charge in [-0.1, -0.05) is 30.3 Å². The number of anilines is 1. The highest BCUT2D eigenvalue weighted by molar-refractivity contribution is 7.90. The molecule has 8 heteroatoms. The Hall–Kier alpha value is -2.87. The fraction of sp³-hybridized carbons (Fsp3) is 0.263. The highest BCUT2D eigenvalue weighted by Crippen LogP contribution is 2.20. The van der Waals surface area contributed by atoms with E-state index in [-0.39, 0.29) is 23.6 Å². The largest absolute Gasteiger partial charge is 0.493 e. The predicted molar refractivity (Wildman–Crippen MR) is 100 cm³/mol. The van der Waals surface area contributed by atoms with Crippen LogP contribution in [0, 0.1) is 6.92 Å². The summed E-state index contributed by atoms with van der Waals surface area (Å²) in [5.74, 6) is -0.533. The number of ether oxygens (including phenoxy) is 2. The van der Waals surface area contributed by atoms with Gasteiger partial charge in [0.2, 0.25) is 0 Å². The molecule has 2 aromatic rings. The number of rotatable bonds is 8. The van der Waals surface area contributed by atoms with Crippen LogP contribution in [-0.2, 0) is 24.2 Å². The van der Waals surface area contributed by atoms with Crippen molar-refractivity contribution in [3.05, 3.63) is 54.1 Å². The van der Waals surface area contributed by atoms with Crippen molar-refractivity contribution in [1.29, 1.82) is 0 Å². The molecule has 2 aromatic carbocycles. The van der Waals surface area contributed by atoms with Crippen molar-refractivity contribution in [3.8, 4) is 5.75 Å². The fourth-order valence-corrected chi connectivity index (χ4v) is 3.10. The van der Waals surface area contributed by atoms with Crippen molar-refractivity contribution in [1.82, 2.24) is 0 Å². The zero-order chi connectivity index (χ0) is 19.9. The van der Waals surface area contributed by atoms with E-state index in [0.29, 0.717) is 5.75 Å². The number of benzene rings is 2. The fourth-order valence-electron chi connectivity index (χ4n) is 2.26. The van der Waals surface area contributed by atoms with Gasteiger partial charge in [0.25, 0.3) is 5.91 Å². The number of sulfone groups is 1. The molecule has 2 rings (SSSR count). The van der Waals surface area contributed by atoms with Crippen LogP contribution in [-0.4, -0.2) is 39.8 Å². The molecular formula is C19H21NO6S. The van der Waals surface area contributed by atoms with E-state index in [4.69, 9.17) is 9.47 Å². The molecule has 0 fully saturated rings. The van der Waals surface area contributed by atoms with Gasteiger partial charge in [0.1, 0.15) is 5.75 Å². The van der Waals surface area contributed by atoms with E-state index in [1.807, 2.05) is 25.1 Å². The van der Waals surface area contributed by atoms with Crippen molar-refractivity contribution < 1.29 is 27.5 Å². The van der Waals surface area contributed by atoms with Crippen LogP contribution < -0.4 is 10.1 Å². The second-order valence-electron chi connectivity index (χ2n) is 5.84. The van der Waals surface area contributed by atoms with Crippen LogP contribution in [0.3, 0.4) is 0 Å². The number of carbonyl (C=O) groups excluding carboxylic acids is 2. The van der Waals surface area contributed by atoms with Crippen LogP contribution in [0.2, 0.25) is 0 Å². The van der Waals surface area contributed by atoms with Crippen LogP contribution in [0.1, 0.15) is 12.0 Å². The molecule has 0 atom stereocenters. The first kappa shape index (κ1) is 20.4. The molecule has 7 nitrogen and oxygen atoms in total. The maximum atomic E-state index is 11.9. The molecule has 0 heterocycles. The summed E-state index contributed by atoms with van der Waals surface area (Å²) in [5.41, 5.74) is 1.10. The van der Waals surface area contributed by atoms with Gasteiger partial charge in [-0.15, -0.1) is 0 Å². The minimum atomic E-state index is -3.49. The molecule has 0 aliphatic heterocycles. The lowest BCUT2D eigenvalue weighted by Crippen LogP contribution is -2.22. The van der Waals surface area contributed by atoms with E-state index in [0.717, 1.165) is 11.8 Å². The number of amides is 1. The Kier molecular flexibility index (Phi) is 6.95. The van der Waals surface area contributed by atoms with E-state index in [1.165, 1.54) is 12.1 Å². The molecule has 0 aliphatic carbocycles. The Morgan fingerprint density at radius 2 is 1.70 bits per heavy atom. The lowest BCUT2D eigenvalue weighted by molar-refractivity contribution is -0.147. The topological polar surface area (TPSA) is 98.8 Å². The van der Waals surface area contributed by atoms with Gasteiger partial charge in [-0.2, -0.15) is 0 Å². The van der Waals surface area contributed by atoms with Gasteiger partial charge in [-0.25, -0.2) is 8.42 Å². The van der Waals surface area contributed by atoms with Gasteiger partial charge in [-0.05, 0) is 30.7 Å². The van der Waals surface area contributed by atoms with Crippen molar-refractivity contribution in [2.24, 2.45) is 0 Å². The first-order valence-corrected chi connectivity index (χ1v) is 10.1. The molecule has 0 radical (unpaired) electrons. The highest BCUT2D eigenvalue weighted by Gasteiger charge is 2.15. The lowest BCUT2D eigenvalue weighted by atomic mass is 10.2. The predicted octanol–water partition coefficient (Wildman–Crippen LogP) is 2.35.